The Labute approximate surface area is 507 Å². The standard InChI is InChI=1S/C81H58N6/c1-7-19-53(20-8-1)60-33-41-73-67(47-60)68-48-61(54-21-9-2-10-22-54)34-42-74(68)86(73)65-39-45-77-71(51-65)72-52-66(87-75-43-35-62(55-23-11-3-12-24-55)49-69(75)70-50-63(36-44-76(70)87)56-25-13-4-14-26-56)40-46-78(72)85(77)64-37-31-59(32-38-64)81-83-79(57-27-15-5-16-28-57)82-80(84-81)58-29-17-6-18-30-58/h1-52,67,69,71,73,75,77H. The molecule has 11 aromatic rings. The van der Waals surface area contributed by atoms with Crippen molar-refractivity contribution in [3.8, 4) is 56.4 Å². The first-order valence-electron chi connectivity index (χ1n) is 30.3. The van der Waals surface area contributed by atoms with E-state index in [9.17, 15) is 0 Å². The van der Waals surface area contributed by atoms with Gasteiger partial charge < -0.3 is 14.7 Å². The van der Waals surface area contributed by atoms with Crippen molar-refractivity contribution in [1.29, 1.82) is 0 Å². The highest BCUT2D eigenvalue weighted by Gasteiger charge is 2.45. The molecular formula is C81H58N6. The van der Waals surface area contributed by atoms with Gasteiger partial charge in [-0.15, -0.1) is 0 Å². The van der Waals surface area contributed by atoms with E-state index in [1.807, 2.05) is 36.4 Å². The number of anilines is 5. The van der Waals surface area contributed by atoms with Gasteiger partial charge in [-0.05, 0) is 134 Å². The first kappa shape index (κ1) is 50.6. The van der Waals surface area contributed by atoms with Crippen molar-refractivity contribution in [3.63, 3.8) is 0 Å². The summed E-state index contributed by atoms with van der Waals surface area (Å²) in [5, 5.41) is 0. The van der Waals surface area contributed by atoms with Gasteiger partial charge in [-0.2, -0.15) is 0 Å². The molecule has 0 saturated carbocycles. The van der Waals surface area contributed by atoms with E-state index in [4.69, 9.17) is 15.0 Å². The number of allylic oxidation sites excluding steroid dienone is 5. The fourth-order valence-corrected chi connectivity index (χ4v) is 14.4. The van der Waals surface area contributed by atoms with E-state index < -0.39 is 0 Å². The van der Waals surface area contributed by atoms with Crippen LogP contribution in [0.2, 0.25) is 0 Å². The lowest BCUT2D eigenvalue weighted by atomic mass is 9.85. The zero-order valence-corrected chi connectivity index (χ0v) is 47.7. The SMILES string of the molecule is C1=CC2C(C=C1c1ccccc1)c1cc(-c3ccccc3)ccc1N2C1=CC2c3cc(N4c5ccc(-c6ccccc6)cc5C5C=C(c6ccccc6)C=CC54)ccc3N(c3ccc(-c4nc(-c5ccccc5)nc(-c5ccccc5)n4)cc3)C2C=C1. The third-order valence-corrected chi connectivity index (χ3v) is 18.5. The first-order valence-corrected chi connectivity index (χ1v) is 30.3. The fourth-order valence-electron chi connectivity index (χ4n) is 14.4. The molecule has 10 aromatic carbocycles. The molecule has 3 aliphatic heterocycles. The molecule has 0 saturated heterocycles. The quantitative estimate of drug-likeness (QED) is 0.136. The zero-order valence-electron chi connectivity index (χ0n) is 47.7. The van der Waals surface area contributed by atoms with Crippen molar-refractivity contribution in [2.75, 3.05) is 14.7 Å². The van der Waals surface area contributed by atoms with Gasteiger partial charge in [0.15, 0.2) is 17.5 Å². The Morgan fingerprint density at radius 3 is 1.06 bits per heavy atom. The maximum atomic E-state index is 5.11. The lowest BCUT2D eigenvalue weighted by Crippen LogP contribution is -2.35. The van der Waals surface area contributed by atoms with Crippen LogP contribution in [0.5, 0.6) is 0 Å². The lowest BCUT2D eigenvalue weighted by Gasteiger charge is -2.35. The summed E-state index contributed by atoms with van der Waals surface area (Å²) in [5.41, 5.74) is 23.9. The Morgan fingerprint density at radius 2 is 0.586 bits per heavy atom. The molecule has 0 amide bonds. The molecule has 6 unspecified atom stereocenters. The molecule has 1 aromatic heterocycles. The molecule has 0 fully saturated rings. The third kappa shape index (κ3) is 8.82. The average Bonchev–Trinajstić information content (AvgIpc) is 1.77. The molecule has 412 valence electrons. The zero-order chi connectivity index (χ0) is 57.4. The van der Waals surface area contributed by atoms with Crippen LogP contribution in [0.25, 0.3) is 67.6 Å². The van der Waals surface area contributed by atoms with Crippen LogP contribution in [0.4, 0.5) is 28.4 Å². The number of aromatic nitrogens is 3. The van der Waals surface area contributed by atoms with Crippen molar-refractivity contribution in [1.82, 2.24) is 15.0 Å². The van der Waals surface area contributed by atoms with Gasteiger partial charge in [0.05, 0.1) is 18.1 Å². The smallest absolute Gasteiger partial charge is 0.164 e. The summed E-state index contributed by atoms with van der Waals surface area (Å²) < 4.78 is 0. The van der Waals surface area contributed by atoms with E-state index in [2.05, 4.69) is 294 Å². The number of rotatable bonds is 10. The molecule has 6 nitrogen and oxygen atoms in total. The maximum absolute atomic E-state index is 5.11. The summed E-state index contributed by atoms with van der Waals surface area (Å²) in [6, 6.07) is 94.2. The maximum Gasteiger partial charge on any atom is 0.164 e. The number of hydrogen-bond donors (Lipinski definition) is 0. The van der Waals surface area contributed by atoms with Crippen LogP contribution in [0.3, 0.4) is 0 Å². The van der Waals surface area contributed by atoms with Crippen LogP contribution in [-0.2, 0) is 0 Å². The van der Waals surface area contributed by atoms with Gasteiger partial charge in [-0.3, -0.25) is 0 Å². The van der Waals surface area contributed by atoms with Crippen LogP contribution in [0.1, 0.15) is 45.6 Å². The van der Waals surface area contributed by atoms with Gasteiger partial charge in [0, 0.05) is 68.6 Å². The molecule has 0 N–H and O–H groups in total. The minimum Gasteiger partial charge on any atom is -0.334 e. The Hall–Kier alpha value is -11.0. The second-order valence-electron chi connectivity index (χ2n) is 23.4. The van der Waals surface area contributed by atoms with Crippen LogP contribution >= 0.6 is 0 Å². The normalized spacial score (nSPS) is 20.0. The van der Waals surface area contributed by atoms with Gasteiger partial charge in [-0.1, -0.05) is 243 Å². The number of fused-ring (bicyclic) bond motifs is 9. The molecule has 87 heavy (non-hydrogen) atoms. The van der Waals surface area contributed by atoms with Gasteiger partial charge in [0.2, 0.25) is 0 Å². The predicted molar refractivity (Wildman–Crippen MR) is 357 cm³/mol. The fraction of sp³-hybridized carbons (Fsp3) is 0.0741. The van der Waals surface area contributed by atoms with Crippen molar-refractivity contribution >= 4 is 39.6 Å². The van der Waals surface area contributed by atoms with Crippen molar-refractivity contribution < 1.29 is 0 Å². The van der Waals surface area contributed by atoms with E-state index in [1.54, 1.807) is 0 Å². The van der Waals surface area contributed by atoms with Gasteiger partial charge in [0.1, 0.15) is 0 Å². The summed E-state index contributed by atoms with van der Waals surface area (Å²) in [7, 11) is 0. The second-order valence-corrected chi connectivity index (χ2v) is 23.4. The lowest BCUT2D eigenvalue weighted by molar-refractivity contribution is 0.700. The van der Waals surface area contributed by atoms with E-state index in [1.165, 1.54) is 89.7 Å². The predicted octanol–water partition coefficient (Wildman–Crippen LogP) is 19.1. The number of hydrogen-bond acceptors (Lipinski definition) is 6. The molecule has 3 aliphatic carbocycles. The summed E-state index contributed by atoms with van der Waals surface area (Å²) in [6.45, 7) is 0. The minimum absolute atomic E-state index is 0.000760. The Bertz CT molecular complexity index is 4590. The highest BCUT2D eigenvalue weighted by atomic mass is 15.2. The number of benzene rings is 10. The molecule has 6 heteroatoms. The van der Waals surface area contributed by atoms with E-state index in [0.717, 1.165) is 22.4 Å². The average molecular weight is 1120 g/mol. The van der Waals surface area contributed by atoms with Crippen molar-refractivity contribution in [2.45, 2.75) is 35.9 Å². The Balaban J connectivity index is 0.793. The third-order valence-electron chi connectivity index (χ3n) is 18.5. The Kier molecular flexibility index (Phi) is 12.2. The summed E-state index contributed by atoms with van der Waals surface area (Å²) in [6.07, 6.45) is 22.0. The molecule has 0 radical (unpaired) electrons. The summed E-state index contributed by atoms with van der Waals surface area (Å²) in [4.78, 5) is 23.0. The summed E-state index contributed by atoms with van der Waals surface area (Å²) >= 11 is 0. The van der Waals surface area contributed by atoms with Gasteiger partial charge >= 0.3 is 0 Å². The molecule has 0 spiro atoms. The van der Waals surface area contributed by atoms with Gasteiger partial charge in [0.25, 0.3) is 0 Å². The molecular weight excluding hydrogens is 1060 g/mol. The highest BCUT2D eigenvalue weighted by molar-refractivity contribution is 5.88. The van der Waals surface area contributed by atoms with E-state index >= 15 is 0 Å². The van der Waals surface area contributed by atoms with Gasteiger partial charge in [-0.25, -0.2) is 15.0 Å². The molecule has 17 rings (SSSR count). The van der Waals surface area contributed by atoms with E-state index in [-0.39, 0.29) is 35.9 Å². The monoisotopic (exact) mass is 1110 g/mol. The van der Waals surface area contributed by atoms with Crippen LogP contribution in [0.15, 0.2) is 321 Å². The number of nitrogens with zero attached hydrogens (tertiary/aromatic N) is 6. The highest BCUT2D eigenvalue weighted by Crippen LogP contribution is 2.56. The van der Waals surface area contributed by atoms with Crippen molar-refractivity contribution in [2.24, 2.45) is 0 Å². The van der Waals surface area contributed by atoms with Crippen molar-refractivity contribution in [3.05, 3.63) is 349 Å². The summed E-state index contributed by atoms with van der Waals surface area (Å²) in [5.74, 6) is 2.23. The molecule has 0 bridgehead atoms. The Morgan fingerprint density at radius 1 is 0.253 bits per heavy atom. The van der Waals surface area contributed by atoms with Crippen LogP contribution < -0.4 is 14.7 Å². The van der Waals surface area contributed by atoms with Crippen LogP contribution in [-0.4, -0.2) is 33.1 Å². The topological polar surface area (TPSA) is 48.4 Å². The second kappa shape index (κ2) is 21.0. The molecule has 6 aliphatic rings. The van der Waals surface area contributed by atoms with Crippen LogP contribution in [0, 0.1) is 0 Å². The first-order chi connectivity index (χ1) is 43.1. The largest absolute Gasteiger partial charge is 0.334 e. The molecule has 4 heterocycles. The minimum atomic E-state index is -0.000760. The van der Waals surface area contributed by atoms with E-state index in [0.29, 0.717) is 17.5 Å². The molecule has 6 atom stereocenters.